The minimum atomic E-state index is -0.912. The lowest BCUT2D eigenvalue weighted by Gasteiger charge is -2.14. The number of hydrogen-bond acceptors (Lipinski definition) is 5. The summed E-state index contributed by atoms with van der Waals surface area (Å²) in [7, 11) is 1.71. The van der Waals surface area contributed by atoms with Crippen LogP contribution in [-0.2, 0) is 13.6 Å². The van der Waals surface area contributed by atoms with E-state index in [-0.39, 0.29) is 18.7 Å². The Hall–Kier alpha value is -2.09. The van der Waals surface area contributed by atoms with Crippen LogP contribution < -0.4 is 10.3 Å². The lowest BCUT2D eigenvalue weighted by Crippen LogP contribution is -2.30. The van der Waals surface area contributed by atoms with E-state index in [4.69, 9.17) is 27.9 Å². The predicted octanol–water partition coefficient (Wildman–Crippen LogP) is 1.88. The second kappa shape index (κ2) is 6.80. The van der Waals surface area contributed by atoms with Crippen LogP contribution in [0, 0.1) is 0 Å². The third-order valence-corrected chi connectivity index (χ3v) is 3.98. The molecule has 1 atom stereocenters. The molecule has 0 aliphatic heterocycles. The standard InChI is InChI=1S/C15H14Cl2N4O3/c1-20-14-11(5-19-20)15(23)21(8-18-14)6-10(22)7-24-13-3-2-9(16)4-12(13)17/h2-5,8,10,22H,6-7H2,1H3. The van der Waals surface area contributed by atoms with Crippen LogP contribution in [0.5, 0.6) is 5.75 Å². The molecule has 3 aromatic rings. The van der Waals surface area contributed by atoms with Gasteiger partial charge in [-0.1, -0.05) is 23.2 Å². The predicted molar refractivity (Wildman–Crippen MR) is 90.7 cm³/mol. The van der Waals surface area contributed by atoms with Crippen LogP contribution in [0.2, 0.25) is 10.0 Å². The molecule has 0 aliphatic rings. The highest BCUT2D eigenvalue weighted by Gasteiger charge is 2.13. The quantitative estimate of drug-likeness (QED) is 0.743. The first-order valence-corrected chi connectivity index (χ1v) is 7.84. The molecular formula is C15H14Cl2N4O3. The fraction of sp³-hybridized carbons (Fsp3) is 0.267. The molecule has 0 amide bonds. The number of ether oxygens (including phenoxy) is 1. The molecule has 0 saturated heterocycles. The van der Waals surface area contributed by atoms with Crippen molar-refractivity contribution in [3.05, 3.63) is 51.1 Å². The molecule has 2 aromatic heterocycles. The summed E-state index contributed by atoms with van der Waals surface area (Å²) in [5, 5.41) is 15.4. The van der Waals surface area contributed by atoms with Crippen molar-refractivity contribution in [2.45, 2.75) is 12.6 Å². The number of rotatable bonds is 5. The van der Waals surface area contributed by atoms with E-state index >= 15 is 0 Å². The minimum absolute atomic E-state index is 0.0289. The van der Waals surface area contributed by atoms with Crippen molar-refractivity contribution in [1.82, 2.24) is 19.3 Å². The summed E-state index contributed by atoms with van der Waals surface area (Å²) in [6, 6.07) is 4.81. The first kappa shape index (κ1) is 16.8. The van der Waals surface area contributed by atoms with E-state index < -0.39 is 6.10 Å². The van der Waals surface area contributed by atoms with Crippen LogP contribution in [0.1, 0.15) is 0 Å². The molecule has 0 fully saturated rings. The average molecular weight is 369 g/mol. The molecule has 2 heterocycles. The molecule has 1 unspecified atom stereocenters. The van der Waals surface area contributed by atoms with E-state index in [1.807, 2.05) is 0 Å². The molecule has 3 rings (SSSR count). The molecule has 0 radical (unpaired) electrons. The summed E-state index contributed by atoms with van der Waals surface area (Å²) in [6.45, 7) is 0.0146. The fourth-order valence-corrected chi connectivity index (χ4v) is 2.72. The van der Waals surface area contributed by atoms with Crippen molar-refractivity contribution in [2.24, 2.45) is 7.05 Å². The van der Waals surface area contributed by atoms with E-state index in [1.165, 1.54) is 21.8 Å². The van der Waals surface area contributed by atoms with Crippen LogP contribution in [-0.4, -0.2) is 37.1 Å². The van der Waals surface area contributed by atoms with Crippen molar-refractivity contribution >= 4 is 34.2 Å². The zero-order chi connectivity index (χ0) is 17.3. The maximum absolute atomic E-state index is 12.3. The molecular weight excluding hydrogens is 355 g/mol. The van der Waals surface area contributed by atoms with Crippen LogP contribution in [0.25, 0.3) is 11.0 Å². The van der Waals surface area contributed by atoms with Gasteiger partial charge in [0.25, 0.3) is 5.56 Å². The van der Waals surface area contributed by atoms with Gasteiger partial charge in [0.05, 0.1) is 17.8 Å². The molecule has 24 heavy (non-hydrogen) atoms. The second-order valence-corrected chi connectivity index (χ2v) is 6.09. The minimum Gasteiger partial charge on any atom is -0.489 e. The van der Waals surface area contributed by atoms with Gasteiger partial charge >= 0.3 is 0 Å². The molecule has 7 nitrogen and oxygen atoms in total. The van der Waals surface area contributed by atoms with Gasteiger partial charge in [0.2, 0.25) is 0 Å². The number of hydrogen-bond donors (Lipinski definition) is 1. The Bertz CT molecular complexity index is 938. The zero-order valence-corrected chi connectivity index (χ0v) is 14.2. The average Bonchev–Trinajstić information content (AvgIpc) is 2.91. The van der Waals surface area contributed by atoms with Gasteiger partial charge in [-0.25, -0.2) is 4.98 Å². The van der Waals surface area contributed by atoms with Gasteiger partial charge in [-0.05, 0) is 18.2 Å². The summed E-state index contributed by atoms with van der Waals surface area (Å²) in [5.41, 5.74) is 0.228. The molecule has 1 N–H and O–H groups in total. The number of benzene rings is 1. The number of aliphatic hydroxyl groups is 1. The van der Waals surface area contributed by atoms with E-state index in [1.54, 1.807) is 25.2 Å². The number of aliphatic hydroxyl groups excluding tert-OH is 1. The van der Waals surface area contributed by atoms with Gasteiger partial charge in [-0.3, -0.25) is 14.0 Å². The summed E-state index contributed by atoms with van der Waals surface area (Å²) in [5.74, 6) is 0.410. The first-order valence-electron chi connectivity index (χ1n) is 7.09. The van der Waals surface area contributed by atoms with E-state index in [2.05, 4.69) is 10.1 Å². The monoisotopic (exact) mass is 368 g/mol. The number of fused-ring (bicyclic) bond motifs is 1. The van der Waals surface area contributed by atoms with E-state index in [9.17, 15) is 9.90 Å². The highest BCUT2D eigenvalue weighted by Crippen LogP contribution is 2.27. The lowest BCUT2D eigenvalue weighted by molar-refractivity contribution is 0.0915. The SMILES string of the molecule is Cn1ncc2c(=O)n(CC(O)COc3ccc(Cl)cc3Cl)cnc21. The Morgan fingerprint density at radius 1 is 1.38 bits per heavy atom. The Morgan fingerprint density at radius 3 is 2.92 bits per heavy atom. The van der Waals surface area contributed by atoms with E-state index in [0.717, 1.165) is 0 Å². The van der Waals surface area contributed by atoms with E-state index in [0.29, 0.717) is 26.8 Å². The lowest BCUT2D eigenvalue weighted by atomic mass is 10.3. The Kier molecular flexibility index (Phi) is 4.75. The molecule has 1 aromatic carbocycles. The Morgan fingerprint density at radius 2 is 2.17 bits per heavy atom. The molecule has 0 bridgehead atoms. The summed E-state index contributed by atoms with van der Waals surface area (Å²) < 4.78 is 8.30. The van der Waals surface area contributed by atoms with Crippen LogP contribution >= 0.6 is 23.2 Å². The van der Waals surface area contributed by atoms with Crippen molar-refractivity contribution < 1.29 is 9.84 Å². The summed E-state index contributed by atoms with van der Waals surface area (Å²) >= 11 is 11.8. The van der Waals surface area contributed by atoms with Crippen molar-refractivity contribution in [3.8, 4) is 5.75 Å². The Labute approximate surface area is 147 Å². The van der Waals surface area contributed by atoms with Crippen LogP contribution in [0.3, 0.4) is 0 Å². The normalized spacial score (nSPS) is 12.5. The highest BCUT2D eigenvalue weighted by molar-refractivity contribution is 6.35. The summed E-state index contributed by atoms with van der Waals surface area (Å²) in [6.07, 6.45) is 1.92. The van der Waals surface area contributed by atoms with Crippen LogP contribution in [0.4, 0.5) is 0 Å². The molecule has 0 spiro atoms. The zero-order valence-electron chi connectivity index (χ0n) is 12.7. The third kappa shape index (κ3) is 3.38. The Balaban J connectivity index is 1.69. The van der Waals surface area contributed by atoms with Crippen molar-refractivity contribution in [3.63, 3.8) is 0 Å². The second-order valence-electron chi connectivity index (χ2n) is 5.25. The van der Waals surface area contributed by atoms with Gasteiger partial charge < -0.3 is 9.84 Å². The van der Waals surface area contributed by atoms with Crippen molar-refractivity contribution in [2.75, 3.05) is 6.61 Å². The van der Waals surface area contributed by atoms with Gasteiger partial charge in [0, 0.05) is 12.1 Å². The number of aromatic nitrogens is 4. The maximum Gasteiger partial charge on any atom is 0.264 e. The van der Waals surface area contributed by atoms with Crippen LogP contribution in [0.15, 0.2) is 35.5 Å². The number of aryl methyl sites for hydroxylation is 1. The molecule has 126 valence electrons. The smallest absolute Gasteiger partial charge is 0.264 e. The highest BCUT2D eigenvalue weighted by atomic mass is 35.5. The van der Waals surface area contributed by atoms with Gasteiger partial charge in [0.15, 0.2) is 5.65 Å². The fourth-order valence-electron chi connectivity index (χ4n) is 2.25. The molecule has 9 heteroatoms. The largest absolute Gasteiger partial charge is 0.489 e. The third-order valence-electron chi connectivity index (χ3n) is 3.45. The van der Waals surface area contributed by atoms with Gasteiger partial charge in [0.1, 0.15) is 30.2 Å². The maximum atomic E-state index is 12.3. The van der Waals surface area contributed by atoms with Crippen molar-refractivity contribution in [1.29, 1.82) is 0 Å². The number of halogens is 2. The first-order chi connectivity index (χ1) is 11.5. The molecule has 0 aliphatic carbocycles. The number of nitrogens with zero attached hydrogens (tertiary/aromatic N) is 4. The topological polar surface area (TPSA) is 82.2 Å². The summed E-state index contributed by atoms with van der Waals surface area (Å²) in [4.78, 5) is 16.5. The molecule has 0 saturated carbocycles. The van der Waals surface area contributed by atoms with Gasteiger partial charge in [-0.15, -0.1) is 0 Å². The van der Waals surface area contributed by atoms with Gasteiger partial charge in [-0.2, -0.15) is 5.10 Å².